The van der Waals surface area contributed by atoms with Gasteiger partial charge in [-0.15, -0.1) is 0 Å². The maximum absolute atomic E-state index is 13.4. The number of likely N-dealkylation sites (tertiary alicyclic amines) is 1. The topological polar surface area (TPSA) is 49.6 Å². The smallest absolute Gasteiger partial charge is 0.241 e. The molecule has 1 aromatic heterocycles. The summed E-state index contributed by atoms with van der Waals surface area (Å²) in [6.45, 7) is 3.32. The molecule has 1 saturated carbocycles. The van der Waals surface area contributed by atoms with E-state index in [-0.39, 0.29) is 11.9 Å². The Bertz CT molecular complexity index is 752. The molecule has 2 aliphatic rings. The van der Waals surface area contributed by atoms with Crippen LogP contribution in [0.1, 0.15) is 62.4 Å². The van der Waals surface area contributed by atoms with Crippen LogP contribution in [0.4, 0.5) is 5.69 Å². The predicted octanol–water partition coefficient (Wildman–Crippen LogP) is 4.49. The molecule has 1 unspecified atom stereocenters. The Morgan fingerprint density at radius 3 is 2.63 bits per heavy atom. The van der Waals surface area contributed by atoms with E-state index in [0.29, 0.717) is 12.6 Å². The van der Waals surface area contributed by atoms with Gasteiger partial charge in [0.25, 0.3) is 0 Å². The average Bonchev–Trinajstić information content (AvgIpc) is 3.32. The average molecular weight is 367 g/mol. The van der Waals surface area contributed by atoms with Gasteiger partial charge in [0.15, 0.2) is 5.76 Å². The van der Waals surface area contributed by atoms with Gasteiger partial charge in [0, 0.05) is 17.8 Å². The van der Waals surface area contributed by atoms with E-state index in [0.717, 1.165) is 49.4 Å². The van der Waals surface area contributed by atoms with Gasteiger partial charge in [-0.1, -0.05) is 42.6 Å². The fourth-order valence-electron chi connectivity index (χ4n) is 4.61. The zero-order chi connectivity index (χ0) is 18.6. The zero-order valence-corrected chi connectivity index (χ0v) is 16.1. The quantitative estimate of drug-likeness (QED) is 0.781. The van der Waals surface area contributed by atoms with Crippen LogP contribution in [0, 0.1) is 6.92 Å². The van der Waals surface area contributed by atoms with Crippen LogP contribution in [0.2, 0.25) is 0 Å². The number of amides is 1. The normalized spacial score (nSPS) is 21.4. The van der Waals surface area contributed by atoms with Crippen LogP contribution in [0.15, 0.2) is 40.9 Å². The Morgan fingerprint density at radius 1 is 1.15 bits per heavy atom. The summed E-state index contributed by atoms with van der Waals surface area (Å²) in [5.74, 6) is 1.10. The van der Waals surface area contributed by atoms with Gasteiger partial charge in [-0.05, 0) is 51.3 Å². The summed E-state index contributed by atoms with van der Waals surface area (Å²) in [5, 5.41) is 4.03. The van der Waals surface area contributed by atoms with Gasteiger partial charge in [0.1, 0.15) is 0 Å². The lowest BCUT2D eigenvalue weighted by atomic mass is 9.93. The highest BCUT2D eigenvalue weighted by molar-refractivity contribution is 5.95. The second-order valence-electron chi connectivity index (χ2n) is 7.89. The third-order valence-electron chi connectivity index (χ3n) is 5.92. The van der Waals surface area contributed by atoms with Crippen molar-refractivity contribution in [3.8, 4) is 0 Å². The molecular weight excluding hydrogens is 338 g/mol. The largest absolute Gasteiger partial charge is 0.359 e. The minimum atomic E-state index is 0.166. The standard InChI is InChI=1S/C22H29N3O2/c1-17-15-21(27-23-17)20-13-8-14-24(20)16-22(26)25(18-9-4-2-5-10-18)19-11-6-3-7-12-19/h2,4-5,9-10,15,19-20H,3,6-8,11-14,16H2,1H3. The van der Waals surface area contributed by atoms with E-state index in [1.54, 1.807) is 0 Å². The minimum absolute atomic E-state index is 0.166. The highest BCUT2D eigenvalue weighted by Gasteiger charge is 2.34. The number of para-hydroxylation sites is 1. The summed E-state index contributed by atoms with van der Waals surface area (Å²) in [6, 6.07) is 12.7. The van der Waals surface area contributed by atoms with Crippen molar-refractivity contribution >= 4 is 11.6 Å². The maximum atomic E-state index is 13.4. The van der Waals surface area contributed by atoms with E-state index in [1.165, 1.54) is 19.3 Å². The molecule has 4 rings (SSSR count). The second-order valence-corrected chi connectivity index (χ2v) is 7.89. The molecule has 0 N–H and O–H groups in total. The first-order valence-electron chi connectivity index (χ1n) is 10.3. The van der Waals surface area contributed by atoms with Gasteiger partial charge in [-0.2, -0.15) is 0 Å². The van der Waals surface area contributed by atoms with Crippen molar-refractivity contribution in [1.82, 2.24) is 10.1 Å². The van der Waals surface area contributed by atoms with Gasteiger partial charge in [0.2, 0.25) is 5.91 Å². The number of hydrogen-bond donors (Lipinski definition) is 0. The first-order chi connectivity index (χ1) is 13.2. The van der Waals surface area contributed by atoms with Crippen molar-refractivity contribution in [3.63, 3.8) is 0 Å². The zero-order valence-electron chi connectivity index (χ0n) is 16.1. The van der Waals surface area contributed by atoms with E-state index < -0.39 is 0 Å². The number of aryl methyl sites for hydroxylation is 1. The molecule has 27 heavy (non-hydrogen) atoms. The van der Waals surface area contributed by atoms with E-state index in [9.17, 15) is 4.79 Å². The molecule has 1 aliphatic heterocycles. The van der Waals surface area contributed by atoms with Crippen molar-refractivity contribution in [3.05, 3.63) is 47.9 Å². The van der Waals surface area contributed by atoms with Crippen molar-refractivity contribution in [1.29, 1.82) is 0 Å². The van der Waals surface area contributed by atoms with Crippen LogP contribution in [-0.4, -0.2) is 35.1 Å². The molecular formula is C22H29N3O2. The highest BCUT2D eigenvalue weighted by Crippen LogP contribution is 2.33. The molecule has 1 aromatic carbocycles. The van der Waals surface area contributed by atoms with Gasteiger partial charge >= 0.3 is 0 Å². The SMILES string of the molecule is Cc1cc(C2CCCN2CC(=O)N(c2ccccc2)C2CCCCC2)on1. The Kier molecular flexibility index (Phi) is 5.58. The van der Waals surface area contributed by atoms with Crippen molar-refractivity contribution in [2.75, 3.05) is 18.0 Å². The third kappa shape index (κ3) is 4.08. The van der Waals surface area contributed by atoms with Crippen LogP contribution in [0.25, 0.3) is 0 Å². The summed E-state index contributed by atoms with van der Waals surface area (Å²) in [4.78, 5) is 17.8. The van der Waals surface area contributed by atoms with E-state index in [1.807, 2.05) is 31.2 Å². The number of anilines is 1. The molecule has 1 aliphatic carbocycles. The molecule has 5 nitrogen and oxygen atoms in total. The van der Waals surface area contributed by atoms with Crippen LogP contribution >= 0.6 is 0 Å². The number of rotatable bonds is 5. The Balaban J connectivity index is 1.52. The molecule has 2 aromatic rings. The number of carbonyl (C=O) groups is 1. The molecule has 5 heteroatoms. The van der Waals surface area contributed by atoms with Crippen LogP contribution in [0.3, 0.4) is 0 Å². The number of nitrogens with zero attached hydrogens (tertiary/aromatic N) is 3. The number of carbonyl (C=O) groups excluding carboxylic acids is 1. The van der Waals surface area contributed by atoms with E-state index in [2.05, 4.69) is 27.1 Å². The molecule has 0 bridgehead atoms. The summed E-state index contributed by atoms with van der Waals surface area (Å²) < 4.78 is 5.50. The summed E-state index contributed by atoms with van der Waals surface area (Å²) in [7, 11) is 0. The molecule has 1 amide bonds. The fourth-order valence-corrected chi connectivity index (χ4v) is 4.61. The lowest BCUT2D eigenvalue weighted by molar-refractivity contribution is -0.120. The summed E-state index contributed by atoms with van der Waals surface area (Å²) in [6.07, 6.45) is 8.03. The summed E-state index contributed by atoms with van der Waals surface area (Å²) in [5.41, 5.74) is 1.93. The fraction of sp³-hybridized carbons (Fsp3) is 0.545. The van der Waals surface area contributed by atoms with Gasteiger partial charge in [-0.3, -0.25) is 9.69 Å². The minimum Gasteiger partial charge on any atom is -0.359 e. The lowest BCUT2D eigenvalue weighted by Gasteiger charge is -2.36. The first-order valence-corrected chi connectivity index (χ1v) is 10.3. The maximum Gasteiger partial charge on any atom is 0.241 e. The van der Waals surface area contributed by atoms with Gasteiger partial charge in [-0.25, -0.2) is 0 Å². The Morgan fingerprint density at radius 2 is 1.93 bits per heavy atom. The Labute approximate surface area is 161 Å². The van der Waals surface area contributed by atoms with Crippen molar-refractivity contribution < 1.29 is 9.32 Å². The number of aromatic nitrogens is 1. The van der Waals surface area contributed by atoms with Crippen LogP contribution in [-0.2, 0) is 4.79 Å². The first kappa shape index (κ1) is 18.2. The molecule has 1 atom stereocenters. The van der Waals surface area contributed by atoms with E-state index >= 15 is 0 Å². The number of benzene rings is 1. The molecule has 0 radical (unpaired) electrons. The van der Waals surface area contributed by atoms with Crippen LogP contribution < -0.4 is 4.90 Å². The molecule has 144 valence electrons. The molecule has 2 heterocycles. The van der Waals surface area contributed by atoms with Gasteiger partial charge in [0.05, 0.1) is 18.3 Å². The van der Waals surface area contributed by atoms with E-state index in [4.69, 9.17) is 4.52 Å². The van der Waals surface area contributed by atoms with Crippen molar-refractivity contribution in [2.45, 2.75) is 64.0 Å². The monoisotopic (exact) mass is 367 g/mol. The van der Waals surface area contributed by atoms with Gasteiger partial charge < -0.3 is 9.42 Å². The predicted molar refractivity (Wildman–Crippen MR) is 106 cm³/mol. The second kappa shape index (κ2) is 8.26. The lowest BCUT2D eigenvalue weighted by Crippen LogP contribution is -2.46. The molecule has 0 spiro atoms. The third-order valence-corrected chi connectivity index (χ3v) is 5.92. The van der Waals surface area contributed by atoms with Crippen molar-refractivity contribution in [2.24, 2.45) is 0 Å². The molecule has 1 saturated heterocycles. The highest BCUT2D eigenvalue weighted by atomic mass is 16.5. The summed E-state index contributed by atoms with van der Waals surface area (Å²) >= 11 is 0. The molecule has 2 fully saturated rings. The number of hydrogen-bond acceptors (Lipinski definition) is 4. The van der Waals surface area contributed by atoms with Crippen LogP contribution in [0.5, 0.6) is 0 Å². The Hall–Kier alpha value is -2.14.